The zero-order valence-electron chi connectivity index (χ0n) is 18.6. The fourth-order valence-electron chi connectivity index (χ4n) is 3.78. The van der Waals surface area contributed by atoms with Gasteiger partial charge in [0.1, 0.15) is 5.75 Å². The number of benzene rings is 2. The normalized spacial score (nSPS) is 13.5. The molecule has 1 aromatic heterocycles. The van der Waals surface area contributed by atoms with Crippen molar-refractivity contribution in [2.24, 2.45) is 0 Å². The zero-order chi connectivity index (χ0) is 23.9. The lowest BCUT2D eigenvalue weighted by molar-refractivity contribution is -0.384. The van der Waals surface area contributed by atoms with E-state index in [0.717, 1.165) is 24.2 Å². The van der Waals surface area contributed by atoms with E-state index >= 15 is 0 Å². The number of thioether (sulfide) groups is 1. The highest BCUT2D eigenvalue weighted by molar-refractivity contribution is 7.99. The van der Waals surface area contributed by atoms with Crippen LogP contribution < -0.4 is 10.1 Å². The van der Waals surface area contributed by atoms with Gasteiger partial charge in [-0.3, -0.25) is 19.5 Å². The van der Waals surface area contributed by atoms with Crippen LogP contribution in [0.3, 0.4) is 0 Å². The number of rotatable bonds is 10. The Balaban J connectivity index is 1.40. The van der Waals surface area contributed by atoms with Gasteiger partial charge in [-0.05, 0) is 62.1 Å². The van der Waals surface area contributed by atoms with E-state index in [9.17, 15) is 14.9 Å². The van der Waals surface area contributed by atoms with Crippen molar-refractivity contribution in [3.63, 3.8) is 0 Å². The Morgan fingerprint density at radius 3 is 2.53 bits per heavy atom. The lowest BCUT2D eigenvalue weighted by Gasteiger charge is -2.13. The molecule has 1 aliphatic rings. The Morgan fingerprint density at radius 1 is 1.18 bits per heavy atom. The number of ether oxygens (including phenoxy) is 1. The minimum absolute atomic E-state index is 0.0319. The number of non-ortho nitro benzene ring substituents is 1. The summed E-state index contributed by atoms with van der Waals surface area (Å²) in [6.07, 6.45) is 6.71. The highest BCUT2D eigenvalue weighted by atomic mass is 32.2. The van der Waals surface area contributed by atoms with Crippen LogP contribution in [-0.4, -0.2) is 37.5 Å². The summed E-state index contributed by atoms with van der Waals surface area (Å²) in [6, 6.07) is 13.5. The molecule has 1 fully saturated rings. The van der Waals surface area contributed by atoms with Gasteiger partial charge in [0, 0.05) is 29.9 Å². The van der Waals surface area contributed by atoms with Crippen LogP contribution in [0.25, 0.3) is 11.4 Å². The van der Waals surface area contributed by atoms with Crippen LogP contribution in [-0.2, 0) is 11.3 Å². The first kappa shape index (κ1) is 23.5. The molecule has 1 heterocycles. The number of carbonyl (C=O) groups excluding carboxylic acids is 1. The van der Waals surface area contributed by atoms with E-state index in [0.29, 0.717) is 29.3 Å². The lowest BCUT2D eigenvalue weighted by Crippen LogP contribution is -2.14. The summed E-state index contributed by atoms with van der Waals surface area (Å²) in [5.41, 5.74) is 1.36. The van der Waals surface area contributed by atoms with Crippen molar-refractivity contribution >= 4 is 29.0 Å². The van der Waals surface area contributed by atoms with Crippen LogP contribution in [0.2, 0.25) is 0 Å². The first-order chi connectivity index (χ1) is 16.5. The van der Waals surface area contributed by atoms with Crippen LogP contribution in [0, 0.1) is 10.1 Å². The number of carbonyl (C=O) groups is 1. The number of nitrogens with one attached hydrogen (secondary N) is 1. The topological polar surface area (TPSA) is 112 Å². The van der Waals surface area contributed by atoms with E-state index in [1.165, 1.54) is 48.9 Å². The molecule has 10 heteroatoms. The second kappa shape index (κ2) is 11.0. The summed E-state index contributed by atoms with van der Waals surface area (Å²) in [6.45, 7) is 4.32. The minimum Gasteiger partial charge on any atom is -0.490 e. The van der Waals surface area contributed by atoms with Gasteiger partial charge in [0.2, 0.25) is 5.91 Å². The summed E-state index contributed by atoms with van der Waals surface area (Å²) in [5.74, 6) is 1.40. The second-order valence-corrected chi connectivity index (χ2v) is 8.84. The van der Waals surface area contributed by atoms with Crippen molar-refractivity contribution in [2.45, 2.75) is 43.5 Å². The van der Waals surface area contributed by atoms with Crippen molar-refractivity contribution in [1.82, 2.24) is 14.8 Å². The van der Waals surface area contributed by atoms with Gasteiger partial charge in [-0.15, -0.1) is 16.8 Å². The smallest absolute Gasteiger partial charge is 0.269 e. The molecule has 0 unspecified atom stereocenters. The van der Waals surface area contributed by atoms with Crippen LogP contribution in [0.5, 0.6) is 5.75 Å². The third-order valence-electron chi connectivity index (χ3n) is 5.44. The third-order valence-corrected chi connectivity index (χ3v) is 6.41. The van der Waals surface area contributed by atoms with Crippen molar-refractivity contribution < 1.29 is 14.5 Å². The Morgan fingerprint density at radius 2 is 1.88 bits per heavy atom. The maximum absolute atomic E-state index is 12.4. The quantitative estimate of drug-likeness (QED) is 0.186. The number of aromatic nitrogens is 3. The van der Waals surface area contributed by atoms with E-state index < -0.39 is 4.92 Å². The first-order valence-electron chi connectivity index (χ1n) is 11.0. The fourth-order valence-corrected chi connectivity index (χ4v) is 4.53. The SMILES string of the molecule is C=CCn1c(SCC(=O)Nc2ccc([N+](=O)[O-])cc2)nnc1-c1ccc(OC2CCCC2)cc1. The number of anilines is 1. The number of nitro groups is 1. The summed E-state index contributed by atoms with van der Waals surface area (Å²) in [4.78, 5) is 22.6. The molecule has 9 nitrogen and oxygen atoms in total. The summed E-state index contributed by atoms with van der Waals surface area (Å²) < 4.78 is 7.95. The molecule has 3 aromatic rings. The van der Waals surface area contributed by atoms with Gasteiger partial charge >= 0.3 is 0 Å². The number of nitro benzene ring substituents is 1. The van der Waals surface area contributed by atoms with Crippen LogP contribution in [0.15, 0.2) is 66.3 Å². The van der Waals surface area contributed by atoms with Crippen LogP contribution >= 0.6 is 11.8 Å². The summed E-state index contributed by atoms with van der Waals surface area (Å²) >= 11 is 1.26. The van der Waals surface area contributed by atoms with Crippen LogP contribution in [0.1, 0.15) is 25.7 Å². The molecule has 1 amide bonds. The maximum Gasteiger partial charge on any atom is 0.269 e. The maximum atomic E-state index is 12.4. The number of allylic oxidation sites excluding steroid dienone is 1. The molecule has 0 spiro atoms. The monoisotopic (exact) mass is 479 g/mol. The van der Waals surface area contributed by atoms with Gasteiger partial charge in [-0.25, -0.2) is 0 Å². The molecular formula is C24H25N5O4S. The molecule has 0 saturated heterocycles. The van der Waals surface area contributed by atoms with Gasteiger partial charge in [0.05, 0.1) is 16.8 Å². The van der Waals surface area contributed by atoms with Gasteiger partial charge in [0.15, 0.2) is 11.0 Å². The molecule has 176 valence electrons. The average molecular weight is 480 g/mol. The van der Waals surface area contributed by atoms with Crippen molar-refractivity contribution in [1.29, 1.82) is 0 Å². The molecule has 1 aliphatic carbocycles. The highest BCUT2D eigenvalue weighted by Crippen LogP contribution is 2.28. The van der Waals surface area contributed by atoms with Gasteiger partial charge in [-0.1, -0.05) is 17.8 Å². The van der Waals surface area contributed by atoms with Gasteiger partial charge < -0.3 is 10.1 Å². The van der Waals surface area contributed by atoms with Crippen LogP contribution in [0.4, 0.5) is 11.4 Å². The summed E-state index contributed by atoms with van der Waals surface area (Å²) in [5, 5.41) is 22.7. The highest BCUT2D eigenvalue weighted by Gasteiger charge is 2.18. The summed E-state index contributed by atoms with van der Waals surface area (Å²) in [7, 11) is 0. The standard InChI is InChI=1S/C24H25N5O4S/c1-2-15-28-23(17-7-13-21(14-8-17)33-20-5-3-4-6-20)26-27-24(28)34-16-22(30)25-18-9-11-19(12-10-18)29(31)32/h2,7-14,20H,1,3-6,15-16H2,(H,25,30). The lowest BCUT2D eigenvalue weighted by atomic mass is 10.2. The van der Waals surface area contributed by atoms with Gasteiger partial charge in [-0.2, -0.15) is 0 Å². The number of hydrogen-bond donors (Lipinski definition) is 1. The Bertz CT molecular complexity index is 1160. The largest absolute Gasteiger partial charge is 0.490 e. The molecule has 0 aliphatic heterocycles. The Kier molecular flexibility index (Phi) is 7.58. The van der Waals surface area contributed by atoms with Crippen molar-refractivity contribution in [3.8, 4) is 17.1 Å². The van der Waals surface area contributed by atoms with Crippen molar-refractivity contribution in [2.75, 3.05) is 11.1 Å². The van der Waals surface area contributed by atoms with E-state index in [1.54, 1.807) is 6.08 Å². The molecule has 0 bridgehead atoms. The predicted octanol–water partition coefficient (Wildman–Crippen LogP) is 5.09. The number of nitrogens with zero attached hydrogens (tertiary/aromatic N) is 4. The number of hydrogen-bond acceptors (Lipinski definition) is 7. The Hall–Kier alpha value is -3.66. The predicted molar refractivity (Wildman–Crippen MR) is 131 cm³/mol. The van der Waals surface area contributed by atoms with E-state index in [-0.39, 0.29) is 17.3 Å². The van der Waals surface area contributed by atoms with E-state index in [2.05, 4.69) is 22.1 Å². The first-order valence-corrected chi connectivity index (χ1v) is 12.0. The molecule has 1 saturated carbocycles. The Labute approximate surface area is 201 Å². The van der Waals surface area contributed by atoms with E-state index in [1.807, 2.05) is 28.8 Å². The third kappa shape index (κ3) is 5.82. The second-order valence-electron chi connectivity index (χ2n) is 7.89. The number of amides is 1. The molecule has 0 radical (unpaired) electrons. The molecule has 34 heavy (non-hydrogen) atoms. The molecule has 1 N–H and O–H groups in total. The van der Waals surface area contributed by atoms with Gasteiger partial charge in [0.25, 0.3) is 5.69 Å². The zero-order valence-corrected chi connectivity index (χ0v) is 19.4. The van der Waals surface area contributed by atoms with Crippen molar-refractivity contribution in [3.05, 3.63) is 71.3 Å². The van der Waals surface area contributed by atoms with E-state index in [4.69, 9.17) is 4.74 Å². The fraction of sp³-hybridized carbons (Fsp3) is 0.292. The average Bonchev–Trinajstić information content (AvgIpc) is 3.49. The molecule has 0 atom stereocenters. The molecular weight excluding hydrogens is 454 g/mol. The molecule has 2 aromatic carbocycles. The molecule has 4 rings (SSSR count). The minimum atomic E-state index is -0.484.